The highest BCUT2D eigenvalue weighted by molar-refractivity contribution is 7.25. The molecule has 0 atom stereocenters. The maximum absolute atomic E-state index is 7.07. The van der Waals surface area contributed by atoms with E-state index in [1.54, 1.807) is 0 Å². The highest BCUT2D eigenvalue weighted by Gasteiger charge is 2.51. The van der Waals surface area contributed by atoms with Crippen molar-refractivity contribution in [3.63, 3.8) is 0 Å². The van der Waals surface area contributed by atoms with E-state index < -0.39 is 5.41 Å². The second-order valence-electron chi connectivity index (χ2n) is 12.4. The van der Waals surface area contributed by atoms with E-state index in [2.05, 4.69) is 156 Å². The lowest BCUT2D eigenvalue weighted by Crippen LogP contribution is -2.32. The van der Waals surface area contributed by atoms with Crippen LogP contribution < -0.4 is 4.74 Å². The Labute approximate surface area is 269 Å². The molecule has 0 bridgehead atoms. The summed E-state index contributed by atoms with van der Waals surface area (Å²) in [7, 11) is 0. The van der Waals surface area contributed by atoms with Gasteiger partial charge in [-0.05, 0) is 64.7 Å². The summed E-state index contributed by atoms with van der Waals surface area (Å²) >= 11 is 1.86. The lowest BCUT2D eigenvalue weighted by Gasteiger charge is -2.39. The number of para-hydroxylation sites is 2. The van der Waals surface area contributed by atoms with Crippen LogP contribution in [0, 0.1) is 0 Å². The zero-order valence-corrected chi connectivity index (χ0v) is 25.5. The lowest BCUT2D eigenvalue weighted by atomic mass is 9.66. The summed E-state index contributed by atoms with van der Waals surface area (Å²) in [4.78, 5) is 0. The maximum Gasteiger partial charge on any atom is 0.142 e. The van der Waals surface area contributed by atoms with Gasteiger partial charge in [0.15, 0.2) is 0 Å². The SMILES string of the molecule is c1ccc2c(c1)Oc1c(ccc3c1c1ccccc1n3-c1ccc3sc4ccccc4c3c1)C21c2ccccc2-c2ccccc21. The molecule has 1 aliphatic carbocycles. The first-order chi connectivity index (χ1) is 22.8. The van der Waals surface area contributed by atoms with E-state index in [0.29, 0.717) is 0 Å². The van der Waals surface area contributed by atoms with Gasteiger partial charge < -0.3 is 9.30 Å². The molecular formula is C43H25NOS. The van der Waals surface area contributed by atoms with Crippen molar-refractivity contribution < 1.29 is 4.74 Å². The first-order valence-electron chi connectivity index (χ1n) is 15.8. The molecule has 0 unspecified atom stereocenters. The minimum Gasteiger partial charge on any atom is -0.456 e. The molecule has 3 heterocycles. The average Bonchev–Trinajstić information content (AvgIpc) is 3.75. The lowest BCUT2D eigenvalue weighted by molar-refractivity contribution is 0.442. The van der Waals surface area contributed by atoms with Gasteiger partial charge in [0.25, 0.3) is 0 Å². The van der Waals surface area contributed by atoms with E-state index in [4.69, 9.17) is 4.74 Å². The van der Waals surface area contributed by atoms with Crippen LogP contribution in [-0.4, -0.2) is 4.57 Å². The molecule has 2 nitrogen and oxygen atoms in total. The normalized spacial score (nSPS) is 14.0. The second-order valence-corrected chi connectivity index (χ2v) is 13.5. The van der Waals surface area contributed by atoms with Gasteiger partial charge in [-0.2, -0.15) is 0 Å². The number of fused-ring (bicyclic) bond motifs is 16. The van der Waals surface area contributed by atoms with Gasteiger partial charge >= 0.3 is 0 Å². The molecule has 0 saturated carbocycles. The van der Waals surface area contributed by atoms with Gasteiger partial charge in [-0.3, -0.25) is 0 Å². The molecule has 214 valence electrons. The molecule has 1 spiro atoms. The highest BCUT2D eigenvalue weighted by atomic mass is 32.1. The van der Waals surface area contributed by atoms with Crippen molar-refractivity contribution in [3.05, 3.63) is 174 Å². The van der Waals surface area contributed by atoms with E-state index in [0.717, 1.165) is 28.1 Å². The number of hydrogen-bond donors (Lipinski definition) is 0. The van der Waals surface area contributed by atoms with Crippen molar-refractivity contribution >= 4 is 53.3 Å². The minimum absolute atomic E-state index is 0.483. The van der Waals surface area contributed by atoms with Crippen molar-refractivity contribution in [1.82, 2.24) is 4.57 Å². The van der Waals surface area contributed by atoms with Gasteiger partial charge in [0.05, 0.1) is 21.8 Å². The Morgan fingerprint density at radius 3 is 1.96 bits per heavy atom. The maximum atomic E-state index is 7.07. The topological polar surface area (TPSA) is 14.2 Å². The van der Waals surface area contributed by atoms with Crippen LogP contribution in [0.2, 0.25) is 0 Å². The summed E-state index contributed by atoms with van der Waals surface area (Å²) in [5.41, 5.74) is 10.6. The first-order valence-corrected chi connectivity index (χ1v) is 16.6. The van der Waals surface area contributed by atoms with Gasteiger partial charge in [-0.25, -0.2) is 0 Å². The Bertz CT molecular complexity index is 2700. The average molecular weight is 604 g/mol. The molecule has 0 N–H and O–H groups in total. The summed E-state index contributed by atoms with van der Waals surface area (Å²) in [6.45, 7) is 0. The van der Waals surface area contributed by atoms with Crippen molar-refractivity contribution in [2.24, 2.45) is 0 Å². The summed E-state index contributed by atoms with van der Waals surface area (Å²) in [5.74, 6) is 1.86. The third-order valence-electron chi connectivity index (χ3n) is 10.3. The molecule has 1 aliphatic heterocycles. The molecule has 7 aromatic carbocycles. The fourth-order valence-electron chi connectivity index (χ4n) is 8.50. The van der Waals surface area contributed by atoms with Crippen molar-refractivity contribution in [2.45, 2.75) is 5.41 Å². The third-order valence-corrected chi connectivity index (χ3v) is 11.4. The molecular weight excluding hydrogens is 579 g/mol. The van der Waals surface area contributed by atoms with Crippen LogP contribution >= 0.6 is 11.3 Å². The third kappa shape index (κ3) is 2.92. The van der Waals surface area contributed by atoms with Crippen molar-refractivity contribution in [2.75, 3.05) is 0 Å². The molecule has 46 heavy (non-hydrogen) atoms. The zero-order chi connectivity index (χ0) is 30.0. The molecule has 0 amide bonds. The van der Waals surface area contributed by atoms with Crippen LogP contribution in [-0.2, 0) is 5.41 Å². The molecule has 9 aromatic rings. The molecule has 2 aromatic heterocycles. The first kappa shape index (κ1) is 24.7. The van der Waals surface area contributed by atoms with Gasteiger partial charge in [0, 0.05) is 42.4 Å². The molecule has 2 aliphatic rings. The van der Waals surface area contributed by atoms with Crippen LogP contribution in [0.15, 0.2) is 152 Å². The zero-order valence-electron chi connectivity index (χ0n) is 24.7. The highest BCUT2D eigenvalue weighted by Crippen LogP contribution is 2.63. The van der Waals surface area contributed by atoms with Crippen LogP contribution in [0.5, 0.6) is 11.5 Å². The van der Waals surface area contributed by atoms with Gasteiger partial charge in [-0.15, -0.1) is 11.3 Å². The van der Waals surface area contributed by atoms with E-state index in [1.165, 1.54) is 64.5 Å². The van der Waals surface area contributed by atoms with E-state index >= 15 is 0 Å². The number of aromatic nitrogens is 1. The van der Waals surface area contributed by atoms with Gasteiger partial charge in [-0.1, -0.05) is 109 Å². The fourth-order valence-corrected chi connectivity index (χ4v) is 9.58. The Morgan fingerprint density at radius 1 is 0.478 bits per heavy atom. The molecule has 0 saturated heterocycles. The standard InChI is InChI=1S/C43H25NOS/c1-5-15-32-27(11-1)28-12-2-6-16-33(28)43(32)34-17-7-9-19-38(34)45-42-35(43)22-23-37-41(42)30-14-3-8-18-36(30)44(37)26-21-24-40-31(25-26)29-13-4-10-20-39(29)46-40/h1-25H. The molecule has 0 fully saturated rings. The predicted octanol–water partition coefficient (Wildman–Crippen LogP) is 11.6. The summed E-state index contributed by atoms with van der Waals surface area (Å²) < 4.78 is 12.1. The van der Waals surface area contributed by atoms with Crippen LogP contribution in [0.25, 0.3) is 58.8 Å². The van der Waals surface area contributed by atoms with Crippen LogP contribution in [0.1, 0.15) is 22.3 Å². The summed E-state index contributed by atoms with van der Waals surface area (Å²) in [5, 5.41) is 4.95. The number of nitrogens with zero attached hydrogens (tertiary/aromatic N) is 1. The van der Waals surface area contributed by atoms with E-state index in [1.807, 2.05) is 11.3 Å². The predicted molar refractivity (Wildman–Crippen MR) is 191 cm³/mol. The smallest absolute Gasteiger partial charge is 0.142 e. The second kappa shape index (κ2) is 8.75. The van der Waals surface area contributed by atoms with Crippen LogP contribution in [0.4, 0.5) is 0 Å². The van der Waals surface area contributed by atoms with Crippen molar-refractivity contribution in [3.8, 4) is 28.3 Å². The van der Waals surface area contributed by atoms with Gasteiger partial charge in [0.1, 0.15) is 11.5 Å². The molecule has 11 rings (SSSR count). The van der Waals surface area contributed by atoms with Crippen LogP contribution in [0.3, 0.4) is 0 Å². The number of ether oxygens (including phenoxy) is 1. The Kier molecular flexibility index (Phi) is 4.69. The Morgan fingerprint density at radius 2 is 1.13 bits per heavy atom. The number of benzene rings is 7. The number of thiophene rings is 1. The minimum atomic E-state index is -0.483. The van der Waals surface area contributed by atoms with Gasteiger partial charge in [0.2, 0.25) is 0 Å². The largest absolute Gasteiger partial charge is 0.456 e. The molecule has 3 heteroatoms. The van der Waals surface area contributed by atoms with Crippen molar-refractivity contribution in [1.29, 1.82) is 0 Å². The van der Waals surface area contributed by atoms with E-state index in [-0.39, 0.29) is 0 Å². The Balaban J connectivity index is 1.27. The quantitative estimate of drug-likeness (QED) is 0.182. The Hall–Kier alpha value is -5.64. The summed E-state index contributed by atoms with van der Waals surface area (Å²) in [6, 6.07) is 55.5. The van der Waals surface area contributed by atoms with E-state index in [9.17, 15) is 0 Å². The monoisotopic (exact) mass is 603 g/mol. The molecule has 0 radical (unpaired) electrons. The summed E-state index contributed by atoms with van der Waals surface area (Å²) in [6.07, 6.45) is 0. The fraction of sp³-hybridized carbons (Fsp3) is 0.0233. The number of hydrogen-bond acceptors (Lipinski definition) is 2. The number of rotatable bonds is 1.